The molecule has 3 heteroatoms. The maximum atomic E-state index is 6.10. The summed E-state index contributed by atoms with van der Waals surface area (Å²) in [5, 5.41) is 4.31. The van der Waals surface area contributed by atoms with Crippen molar-refractivity contribution in [2.75, 3.05) is 0 Å². The van der Waals surface area contributed by atoms with Crippen LogP contribution in [0, 0.1) is 0 Å². The maximum absolute atomic E-state index is 6.10. The van der Waals surface area contributed by atoms with E-state index < -0.39 is 0 Å². The minimum absolute atomic E-state index is 0.711. The van der Waals surface area contributed by atoms with Crippen LogP contribution in [-0.2, 0) is 6.54 Å². The lowest BCUT2D eigenvalue weighted by atomic mass is 10.0. The van der Waals surface area contributed by atoms with Crippen LogP contribution in [0.15, 0.2) is 42.7 Å². The first-order valence-electron chi connectivity index (χ1n) is 6.25. The van der Waals surface area contributed by atoms with Gasteiger partial charge in [-0.15, -0.1) is 0 Å². The van der Waals surface area contributed by atoms with Gasteiger partial charge in [0.2, 0.25) is 0 Å². The van der Waals surface area contributed by atoms with Crippen molar-refractivity contribution in [3.05, 3.63) is 53.3 Å². The summed E-state index contributed by atoms with van der Waals surface area (Å²) in [5.74, 6) is 0. The van der Waals surface area contributed by atoms with E-state index in [1.165, 1.54) is 24.0 Å². The summed E-state index contributed by atoms with van der Waals surface area (Å²) >= 11 is 6.10. The normalized spacial score (nSPS) is 14.7. The number of halogens is 1. The fraction of sp³-hybridized carbons (Fsp3) is 0.267. The minimum atomic E-state index is 0.711. The lowest BCUT2D eigenvalue weighted by Gasteiger charge is -2.11. The van der Waals surface area contributed by atoms with E-state index in [0.717, 1.165) is 17.1 Å². The van der Waals surface area contributed by atoms with Crippen molar-refractivity contribution in [2.45, 2.75) is 25.4 Å². The summed E-state index contributed by atoms with van der Waals surface area (Å²) in [6, 6.07) is 10.8. The van der Waals surface area contributed by atoms with Crippen molar-refractivity contribution in [1.82, 2.24) is 10.3 Å². The number of rotatable bonds is 4. The fourth-order valence-electron chi connectivity index (χ4n) is 2.04. The highest BCUT2D eigenvalue weighted by Crippen LogP contribution is 2.27. The largest absolute Gasteiger partial charge is 0.310 e. The zero-order valence-corrected chi connectivity index (χ0v) is 10.8. The quantitative estimate of drug-likeness (QED) is 0.905. The molecule has 18 heavy (non-hydrogen) atoms. The number of hydrogen-bond donors (Lipinski definition) is 1. The predicted molar refractivity (Wildman–Crippen MR) is 74.5 cm³/mol. The van der Waals surface area contributed by atoms with Gasteiger partial charge in [-0.3, -0.25) is 4.98 Å². The van der Waals surface area contributed by atoms with Gasteiger partial charge in [0.1, 0.15) is 0 Å². The van der Waals surface area contributed by atoms with Gasteiger partial charge in [-0.2, -0.15) is 0 Å². The summed E-state index contributed by atoms with van der Waals surface area (Å²) in [6.07, 6.45) is 6.27. The molecular weight excluding hydrogens is 244 g/mol. The molecule has 0 bridgehead atoms. The summed E-state index contributed by atoms with van der Waals surface area (Å²) in [4.78, 5) is 4.18. The van der Waals surface area contributed by atoms with Gasteiger partial charge in [0.05, 0.1) is 0 Å². The third-order valence-corrected chi connectivity index (χ3v) is 3.44. The highest BCUT2D eigenvalue weighted by molar-refractivity contribution is 6.30. The Hall–Kier alpha value is -1.38. The number of hydrogen-bond acceptors (Lipinski definition) is 2. The van der Waals surface area contributed by atoms with Gasteiger partial charge in [0.15, 0.2) is 0 Å². The molecule has 1 aromatic carbocycles. The van der Waals surface area contributed by atoms with E-state index >= 15 is 0 Å². The van der Waals surface area contributed by atoms with E-state index in [9.17, 15) is 0 Å². The number of nitrogens with zero attached hydrogens (tertiary/aromatic N) is 1. The van der Waals surface area contributed by atoms with Crippen LogP contribution in [0.4, 0.5) is 0 Å². The SMILES string of the molecule is Clc1ccc(CNC2CC2)c(-c2cccnc2)c1. The molecule has 92 valence electrons. The highest BCUT2D eigenvalue weighted by atomic mass is 35.5. The van der Waals surface area contributed by atoms with Gasteiger partial charge in [-0.05, 0) is 42.2 Å². The van der Waals surface area contributed by atoms with E-state index in [1.807, 2.05) is 24.4 Å². The molecule has 0 aliphatic heterocycles. The van der Waals surface area contributed by atoms with E-state index in [-0.39, 0.29) is 0 Å². The first-order chi connectivity index (χ1) is 8.83. The van der Waals surface area contributed by atoms with Crippen molar-refractivity contribution < 1.29 is 0 Å². The summed E-state index contributed by atoms with van der Waals surface area (Å²) in [7, 11) is 0. The Balaban J connectivity index is 1.92. The molecule has 0 amide bonds. The standard InChI is InChI=1S/C15H15ClN2/c16-13-4-3-12(10-18-14-5-6-14)15(8-13)11-2-1-7-17-9-11/h1-4,7-9,14,18H,5-6,10H2. The van der Waals surface area contributed by atoms with Crippen molar-refractivity contribution in [2.24, 2.45) is 0 Å². The minimum Gasteiger partial charge on any atom is -0.310 e. The van der Waals surface area contributed by atoms with Crippen molar-refractivity contribution in [3.63, 3.8) is 0 Å². The highest BCUT2D eigenvalue weighted by Gasteiger charge is 2.20. The van der Waals surface area contributed by atoms with E-state index in [2.05, 4.69) is 22.4 Å². The van der Waals surface area contributed by atoms with Gasteiger partial charge in [-0.1, -0.05) is 23.7 Å². The van der Waals surface area contributed by atoms with Gasteiger partial charge < -0.3 is 5.32 Å². The Bertz CT molecular complexity index is 535. The Morgan fingerprint density at radius 1 is 1.28 bits per heavy atom. The van der Waals surface area contributed by atoms with Crippen LogP contribution in [0.25, 0.3) is 11.1 Å². The molecule has 0 radical (unpaired) electrons. The molecule has 1 aliphatic carbocycles. The van der Waals surface area contributed by atoms with Crippen molar-refractivity contribution in [3.8, 4) is 11.1 Å². The lowest BCUT2D eigenvalue weighted by Crippen LogP contribution is -2.15. The molecule has 1 heterocycles. The van der Waals surface area contributed by atoms with Crippen molar-refractivity contribution in [1.29, 1.82) is 0 Å². The van der Waals surface area contributed by atoms with Gasteiger partial charge in [0, 0.05) is 35.6 Å². The smallest absolute Gasteiger partial charge is 0.0412 e. The van der Waals surface area contributed by atoms with Gasteiger partial charge in [-0.25, -0.2) is 0 Å². The van der Waals surface area contributed by atoms with Crippen LogP contribution in [0.1, 0.15) is 18.4 Å². The first kappa shape index (κ1) is 11.7. The van der Waals surface area contributed by atoms with Gasteiger partial charge >= 0.3 is 0 Å². The second-order valence-corrected chi connectivity index (χ2v) is 5.13. The molecule has 2 nitrogen and oxygen atoms in total. The summed E-state index contributed by atoms with van der Waals surface area (Å²) in [6.45, 7) is 0.895. The van der Waals surface area contributed by atoms with Crippen LogP contribution >= 0.6 is 11.6 Å². The molecule has 1 N–H and O–H groups in total. The lowest BCUT2D eigenvalue weighted by molar-refractivity contribution is 0.689. The summed E-state index contributed by atoms with van der Waals surface area (Å²) < 4.78 is 0. The summed E-state index contributed by atoms with van der Waals surface area (Å²) in [5.41, 5.74) is 3.57. The van der Waals surface area contributed by atoms with E-state index in [1.54, 1.807) is 6.20 Å². The zero-order chi connectivity index (χ0) is 12.4. The molecule has 1 aromatic heterocycles. The number of aromatic nitrogens is 1. The molecule has 1 aliphatic rings. The third-order valence-electron chi connectivity index (χ3n) is 3.20. The average molecular weight is 259 g/mol. The second kappa shape index (κ2) is 5.09. The Labute approximate surface area is 112 Å². The first-order valence-corrected chi connectivity index (χ1v) is 6.63. The second-order valence-electron chi connectivity index (χ2n) is 4.70. The van der Waals surface area contributed by atoms with Crippen LogP contribution in [0.2, 0.25) is 5.02 Å². The molecule has 0 atom stereocenters. The van der Waals surface area contributed by atoms with Crippen LogP contribution in [0.5, 0.6) is 0 Å². The van der Waals surface area contributed by atoms with Crippen molar-refractivity contribution >= 4 is 11.6 Å². The molecule has 0 spiro atoms. The van der Waals surface area contributed by atoms with Crippen LogP contribution < -0.4 is 5.32 Å². The van der Waals surface area contributed by atoms with Crippen LogP contribution in [0.3, 0.4) is 0 Å². The number of pyridine rings is 1. The predicted octanol–water partition coefficient (Wildman–Crippen LogP) is 3.65. The van der Waals surface area contributed by atoms with Gasteiger partial charge in [0.25, 0.3) is 0 Å². The van der Waals surface area contributed by atoms with Crippen LogP contribution in [-0.4, -0.2) is 11.0 Å². The fourth-order valence-corrected chi connectivity index (χ4v) is 2.21. The molecular formula is C15H15ClN2. The molecule has 1 saturated carbocycles. The van der Waals surface area contributed by atoms with E-state index in [4.69, 9.17) is 11.6 Å². The Kier molecular flexibility index (Phi) is 3.31. The number of nitrogens with one attached hydrogen (secondary N) is 1. The molecule has 2 aromatic rings. The molecule has 1 fully saturated rings. The molecule has 0 saturated heterocycles. The van der Waals surface area contributed by atoms with E-state index in [0.29, 0.717) is 6.04 Å². The Morgan fingerprint density at radius 2 is 2.17 bits per heavy atom. The Morgan fingerprint density at radius 3 is 2.89 bits per heavy atom. The number of benzene rings is 1. The molecule has 3 rings (SSSR count). The average Bonchev–Trinajstić information content (AvgIpc) is 3.22. The maximum Gasteiger partial charge on any atom is 0.0412 e. The third kappa shape index (κ3) is 2.71. The zero-order valence-electron chi connectivity index (χ0n) is 10.1. The monoisotopic (exact) mass is 258 g/mol. The molecule has 0 unspecified atom stereocenters. The topological polar surface area (TPSA) is 24.9 Å².